The van der Waals surface area contributed by atoms with Gasteiger partial charge in [0.05, 0.1) is 26.5 Å². The summed E-state index contributed by atoms with van der Waals surface area (Å²) in [7, 11) is 3.23. The van der Waals surface area contributed by atoms with Crippen LogP contribution in [0.25, 0.3) is 0 Å². The lowest BCUT2D eigenvalue weighted by atomic mass is 10.0. The highest BCUT2D eigenvalue weighted by Crippen LogP contribution is 2.29. The third-order valence-corrected chi connectivity index (χ3v) is 4.83. The third kappa shape index (κ3) is 5.18. The Morgan fingerprint density at radius 1 is 1.07 bits per heavy atom. The van der Waals surface area contributed by atoms with Crippen molar-refractivity contribution in [3.63, 3.8) is 0 Å². The minimum Gasteiger partial charge on any atom is -0.497 e. The first-order chi connectivity index (χ1) is 14.1. The zero-order valence-electron chi connectivity index (χ0n) is 16.9. The SMILES string of the molecule is COc1ccc(OC)c([C@H](C)NC(=O)C[NH2+][C@H](c2ccccc2)c2ccco2)c1. The Balaban J connectivity index is 1.67. The van der Waals surface area contributed by atoms with Crippen LogP contribution in [0.2, 0.25) is 0 Å². The summed E-state index contributed by atoms with van der Waals surface area (Å²) in [6.07, 6.45) is 1.65. The van der Waals surface area contributed by atoms with E-state index >= 15 is 0 Å². The average Bonchev–Trinajstić information content (AvgIpc) is 3.28. The molecule has 0 bridgehead atoms. The fraction of sp³-hybridized carbons (Fsp3) is 0.261. The van der Waals surface area contributed by atoms with Crippen molar-refractivity contribution in [2.24, 2.45) is 0 Å². The molecule has 2 aromatic carbocycles. The summed E-state index contributed by atoms with van der Waals surface area (Å²) < 4.78 is 16.3. The number of nitrogens with two attached hydrogens (primary N) is 1. The lowest BCUT2D eigenvalue weighted by molar-refractivity contribution is -0.678. The fourth-order valence-corrected chi connectivity index (χ4v) is 3.33. The highest BCUT2D eigenvalue weighted by Gasteiger charge is 2.22. The van der Waals surface area contributed by atoms with E-state index < -0.39 is 0 Å². The second kappa shape index (κ2) is 9.80. The van der Waals surface area contributed by atoms with Crippen molar-refractivity contribution in [3.8, 4) is 11.5 Å². The lowest BCUT2D eigenvalue weighted by Crippen LogP contribution is -2.87. The van der Waals surface area contributed by atoms with Gasteiger partial charge in [-0.1, -0.05) is 30.3 Å². The highest BCUT2D eigenvalue weighted by atomic mass is 16.5. The molecule has 0 fully saturated rings. The Morgan fingerprint density at radius 3 is 2.52 bits per heavy atom. The topological polar surface area (TPSA) is 77.3 Å². The maximum Gasteiger partial charge on any atom is 0.275 e. The number of carbonyl (C=O) groups excluding carboxylic acids is 1. The molecule has 0 unspecified atom stereocenters. The van der Waals surface area contributed by atoms with Gasteiger partial charge < -0.3 is 24.5 Å². The van der Waals surface area contributed by atoms with Gasteiger partial charge in [-0.3, -0.25) is 4.79 Å². The summed E-state index contributed by atoms with van der Waals surface area (Å²) in [6, 6.07) is 19.0. The number of rotatable bonds is 9. The van der Waals surface area contributed by atoms with E-state index in [1.165, 1.54) is 0 Å². The minimum atomic E-state index is -0.222. The number of amides is 1. The molecule has 0 aliphatic carbocycles. The second-order valence-corrected chi connectivity index (χ2v) is 6.74. The number of hydrogen-bond acceptors (Lipinski definition) is 4. The van der Waals surface area contributed by atoms with Gasteiger partial charge in [-0.15, -0.1) is 0 Å². The van der Waals surface area contributed by atoms with E-state index in [4.69, 9.17) is 13.9 Å². The summed E-state index contributed by atoms with van der Waals surface area (Å²) in [4.78, 5) is 12.6. The highest BCUT2D eigenvalue weighted by molar-refractivity contribution is 5.77. The van der Waals surface area contributed by atoms with Gasteiger partial charge in [0.15, 0.2) is 18.3 Å². The van der Waals surface area contributed by atoms with Crippen LogP contribution < -0.4 is 20.1 Å². The van der Waals surface area contributed by atoms with Crippen LogP contribution in [0.3, 0.4) is 0 Å². The number of ether oxygens (including phenoxy) is 2. The van der Waals surface area contributed by atoms with Gasteiger partial charge in [0.2, 0.25) is 0 Å². The molecule has 2 atom stereocenters. The van der Waals surface area contributed by atoms with E-state index in [-0.39, 0.29) is 24.5 Å². The van der Waals surface area contributed by atoms with Crippen LogP contribution in [-0.2, 0) is 4.79 Å². The summed E-state index contributed by atoms with van der Waals surface area (Å²) in [5.74, 6) is 2.16. The number of benzene rings is 2. The Morgan fingerprint density at radius 2 is 1.86 bits per heavy atom. The molecule has 1 amide bonds. The van der Waals surface area contributed by atoms with E-state index in [1.54, 1.807) is 20.5 Å². The molecule has 3 N–H and O–H groups in total. The molecule has 3 aromatic rings. The zero-order valence-corrected chi connectivity index (χ0v) is 16.9. The normalized spacial score (nSPS) is 12.8. The molecular weight excluding hydrogens is 368 g/mol. The predicted octanol–water partition coefficient (Wildman–Crippen LogP) is 2.83. The molecule has 0 aliphatic rings. The van der Waals surface area contributed by atoms with Crippen LogP contribution in [0.15, 0.2) is 71.3 Å². The molecule has 0 radical (unpaired) electrons. The van der Waals surface area contributed by atoms with Gasteiger partial charge in [-0.05, 0) is 37.3 Å². The van der Waals surface area contributed by atoms with E-state index in [2.05, 4.69) is 5.32 Å². The number of carbonyl (C=O) groups is 1. The molecule has 3 rings (SSSR count). The maximum absolute atomic E-state index is 12.6. The average molecular weight is 395 g/mol. The Bertz CT molecular complexity index is 910. The second-order valence-electron chi connectivity index (χ2n) is 6.74. The molecule has 0 aliphatic heterocycles. The van der Waals surface area contributed by atoms with Crippen molar-refractivity contribution in [1.82, 2.24) is 5.32 Å². The first kappa shape index (κ1) is 20.5. The summed E-state index contributed by atoms with van der Waals surface area (Å²) in [5.41, 5.74) is 1.95. The zero-order chi connectivity index (χ0) is 20.6. The molecule has 0 saturated carbocycles. The van der Waals surface area contributed by atoms with Crippen LogP contribution in [0, 0.1) is 0 Å². The number of quaternary nitrogens is 1. The van der Waals surface area contributed by atoms with Crippen molar-refractivity contribution < 1.29 is 24.0 Å². The lowest BCUT2D eigenvalue weighted by Gasteiger charge is -2.19. The molecule has 6 nitrogen and oxygen atoms in total. The molecular formula is C23H27N2O4+. The number of hydrogen-bond donors (Lipinski definition) is 2. The van der Waals surface area contributed by atoms with Crippen molar-refractivity contribution in [1.29, 1.82) is 0 Å². The van der Waals surface area contributed by atoms with Crippen LogP contribution in [0.5, 0.6) is 11.5 Å². The van der Waals surface area contributed by atoms with Gasteiger partial charge in [0.25, 0.3) is 5.91 Å². The van der Waals surface area contributed by atoms with Crippen LogP contribution in [0.4, 0.5) is 0 Å². The van der Waals surface area contributed by atoms with Crippen LogP contribution >= 0.6 is 0 Å². The third-order valence-electron chi connectivity index (χ3n) is 4.83. The Hall–Kier alpha value is -3.25. The summed E-state index contributed by atoms with van der Waals surface area (Å²) >= 11 is 0. The van der Waals surface area contributed by atoms with E-state index in [0.717, 1.165) is 22.6 Å². The molecule has 6 heteroatoms. The molecule has 0 saturated heterocycles. The summed E-state index contributed by atoms with van der Waals surface area (Å²) in [6.45, 7) is 2.19. The van der Waals surface area contributed by atoms with Gasteiger partial charge >= 0.3 is 0 Å². The largest absolute Gasteiger partial charge is 0.497 e. The number of methoxy groups -OCH3 is 2. The maximum atomic E-state index is 12.6. The smallest absolute Gasteiger partial charge is 0.275 e. The van der Waals surface area contributed by atoms with Gasteiger partial charge in [-0.2, -0.15) is 0 Å². The minimum absolute atomic E-state index is 0.0742. The van der Waals surface area contributed by atoms with Crippen molar-refractivity contribution >= 4 is 5.91 Å². The Labute approximate surface area is 170 Å². The molecule has 0 spiro atoms. The predicted molar refractivity (Wildman–Crippen MR) is 110 cm³/mol. The monoisotopic (exact) mass is 395 g/mol. The first-order valence-corrected chi connectivity index (χ1v) is 9.55. The molecule has 1 aromatic heterocycles. The van der Waals surface area contributed by atoms with Gasteiger partial charge in [-0.25, -0.2) is 0 Å². The Kier molecular flexibility index (Phi) is 6.92. The van der Waals surface area contributed by atoms with E-state index in [1.807, 2.05) is 72.9 Å². The fourth-order valence-electron chi connectivity index (χ4n) is 3.33. The van der Waals surface area contributed by atoms with Crippen molar-refractivity contribution in [3.05, 3.63) is 83.8 Å². The molecule has 152 valence electrons. The van der Waals surface area contributed by atoms with Crippen molar-refractivity contribution in [2.75, 3.05) is 20.8 Å². The van der Waals surface area contributed by atoms with Gasteiger partial charge in [0.1, 0.15) is 11.5 Å². The van der Waals surface area contributed by atoms with E-state index in [0.29, 0.717) is 5.75 Å². The van der Waals surface area contributed by atoms with Crippen molar-refractivity contribution in [2.45, 2.75) is 19.0 Å². The van der Waals surface area contributed by atoms with E-state index in [9.17, 15) is 4.79 Å². The number of nitrogens with one attached hydrogen (secondary N) is 1. The van der Waals surface area contributed by atoms with Crippen LogP contribution in [-0.4, -0.2) is 26.7 Å². The standard InChI is InChI=1S/C23H26N2O4/c1-16(19-14-18(27-2)11-12-20(19)28-3)25-22(26)15-24-23(21-10-7-13-29-21)17-8-5-4-6-9-17/h4-14,16,23-24H,15H2,1-3H3,(H,25,26)/p+1/t16-,23+/m0/s1. The number of furan rings is 1. The van der Waals surface area contributed by atoms with Crippen LogP contribution in [0.1, 0.15) is 35.9 Å². The molecule has 29 heavy (non-hydrogen) atoms. The first-order valence-electron chi connectivity index (χ1n) is 9.55. The van der Waals surface area contributed by atoms with Gasteiger partial charge in [0, 0.05) is 11.1 Å². The molecule has 1 heterocycles. The summed E-state index contributed by atoms with van der Waals surface area (Å²) in [5, 5.41) is 5.01. The quantitative estimate of drug-likeness (QED) is 0.584.